The number of benzene rings is 1. The van der Waals surface area contributed by atoms with Crippen LogP contribution in [0.25, 0.3) is 5.65 Å². The van der Waals surface area contributed by atoms with E-state index in [0.29, 0.717) is 57.7 Å². The van der Waals surface area contributed by atoms with E-state index in [9.17, 15) is 9.59 Å². The Hall–Kier alpha value is -3.79. The summed E-state index contributed by atoms with van der Waals surface area (Å²) in [5.41, 5.74) is 3.81. The lowest BCUT2D eigenvalue weighted by Crippen LogP contribution is -2.52. The minimum Gasteiger partial charge on any atom is -0.382 e. The van der Waals surface area contributed by atoms with Crippen molar-refractivity contribution in [3.63, 3.8) is 0 Å². The summed E-state index contributed by atoms with van der Waals surface area (Å²) < 4.78 is 7.16. The van der Waals surface area contributed by atoms with Gasteiger partial charge in [-0.25, -0.2) is 0 Å². The number of fused-ring (bicyclic) bond motifs is 1. The van der Waals surface area contributed by atoms with Crippen LogP contribution in [0.15, 0.2) is 43.1 Å². The van der Waals surface area contributed by atoms with E-state index < -0.39 is 0 Å². The summed E-state index contributed by atoms with van der Waals surface area (Å²) in [4.78, 5) is 35.4. The van der Waals surface area contributed by atoms with E-state index in [1.54, 1.807) is 9.42 Å². The SMILES string of the molecule is C=CC(=O)N1CC(C(=O)Cc2cccc(CNc3nc(NCCCOCC)nc4c(C(C)C)cnn34)c2)C1. The maximum atomic E-state index is 12.7. The number of ketones is 1. The minimum absolute atomic E-state index is 0.107. The molecule has 0 aliphatic carbocycles. The zero-order valence-corrected chi connectivity index (χ0v) is 22.4. The molecule has 202 valence electrons. The molecule has 3 aromatic rings. The Balaban J connectivity index is 1.42. The Morgan fingerprint density at radius 1 is 1.21 bits per heavy atom. The molecule has 0 spiro atoms. The van der Waals surface area contributed by atoms with Crippen LogP contribution in [0.1, 0.15) is 49.8 Å². The molecule has 1 fully saturated rings. The first-order valence-corrected chi connectivity index (χ1v) is 13.2. The number of Topliss-reactive ketones (excluding diaryl/α,β-unsaturated/α-hetero) is 1. The smallest absolute Gasteiger partial charge is 0.245 e. The van der Waals surface area contributed by atoms with Gasteiger partial charge in [-0.3, -0.25) is 9.59 Å². The van der Waals surface area contributed by atoms with Crippen LogP contribution >= 0.6 is 0 Å². The second-order valence-electron chi connectivity index (χ2n) is 9.80. The summed E-state index contributed by atoms with van der Waals surface area (Å²) >= 11 is 0. The second kappa shape index (κ2) is 12.6. The van der Waals surface area contributed by atoms with Gasteiger partial charge < -0.3 is 20.3 Å². The maximum Gasteiger partial charge on any atom is 0.245 e. The summed E-state index contributed by atoms with van der Waals surface area (Å²) in [5.74, 6) is 1.33. The monoisotopic (exact) mass is 519 g/mol. The Kier molecular flexibility index (Phi) is 9.06. The molecule has 1 aliphatic rings. The molecule has 10 heteroatoms. The molecular weight excluding hydrogens is 482 g/mol. The van der Waals surface area contributed by atoms with Crippen LogP contribution in [0.2, 0.25) is 0 Å². The van der Waals surface area contributed by atoms with Gasteiger partial charge in [0.1, 0.15) is 5.78 Å². The highest BCUT2D eigenvalue weighted by atomic mass is 16.5. The zero-order chi connectivity index (χ0) is 27.1. The van der Waals surface area contributed by atoms with Crippen LogP contribution in [-0.2, 0) is 27.3 Å². The predicted molar refractivity (Wildman–Crippen MR) is 147 cm³/mol. The number of hydrogen-bond acceptors (Lipinski definition) is 8. The third kappa shape index (κ3) is 6.55. The van der Waals surface area contributed by atoms with Crippen molar-refractivity contribution >= 4 is 29.2 Å². The molecule has 1 aliphatic heterocycles. The molecule has 0 bridgehead atoms. The van der Waals surface area contributed by atoms with Crippen LogP contribution < -0.4 is 10.6 Å². The van der Waals surface area contributed by atoms with Gasteiger partial charge in [0, 0.05) is 51.4 Å². The van der Waals surface area contributed by atoms with E-state index in [4.69, 9.17) is 9.72 Å². The molecule has 0 unspecified atom stereocenters. The highest BCUT2D eigenvalue weighted by Gasteiger charge is 2.34. The highest BCUT2D eigenvalue weighted by molar-refractivity contribution is 5.91. The first-order valence-electron chi connectivity index (χ1n) is 13.2. The third-order valence-electron chi connectivity index (χ3n) is 6.61. The summed E-state index contributed by atoms with van der Waals surface area (Å²) in [5, 5.41) is 11.2. The normalized spacial score (nSPS) is 13.5. The number of amides is 1. The number of ether oxygens (including phenoxy) is 1. The van der Waals surface area contributed by atoms with Gasteiger partial charge in [0.25, 0.3) is 0 Å². The highest BCUT2D eigenvalue weighted by Crippen LogP contribution is 2.23. The number of anilines is 2. The van der Waals surface area contributed by atoms with Crippen molar-refractivity contribution < 1.29 is 14.3 Å². The van der Waals surface area contributed by atoms with Gasteiger partial charge in [-0.05, 0) is 36.5 Å². The third-order valence-corrected chi connectivity index (χ3v) is 6.61. The minimum atomic E-state index is -0.123. The van der Waals surface area contributed by atoms with Crippen LogP contribution in [-0.4, -0.2) is 69.0 Å². The average molecular weight is 520 g/mol. The number of hydrogen-bond donors (Lipinski definition) is 2. The van der Waals surface area contributed by atoms with Crippen LogP contribution in [0.4, 0.5) is 11.9 Å². The van der Waals surface area contributed by atoms with Crippen molar-refractivity contribution in [1.82, 2.24) is 24.5 Å². The lowest BCUT2D eigenvalue weighted by atomic mass is 9.90. The van der Waals surface area contributed by atoms with Gasteiger partial charge in [-0.15, -0.1) is 0 Å². The fourth-order valence-electron chi connectivity index (χ4n) is 4.38. The lowest BCUT2D eigenvalue weighted by molar-refractivity contribution is -0.138. The quantitative estimate of drug-likeness (QED) is 0.246. The fraction of sp³-hybridized carbons (Fsp3) is 0.464. The molecule has 1 aromatic carbocycles. The van der Waals surface area contributed by atoms with Gasteiger partial charge in [0.05, 0.1) is 12.1 Å². The predicted octanol–water partition coefficient (Wildman–Crippen LogP) is 3.45. The van der Waals surface area contributed by atoms with Crippen molar-refractivity contribution in [2.24, 2.45) is 5.92 Å². The van der Waals surface area contributed by atoms with E-state index >= 15 is 0 Å². The van der Waals surface area contributed by atoms with Crippen molar-refractivity contribution in [2.75, 3.05) is 43.5 Å². The number of carbonyl (C=O) groups is 2. The first-order chi connectivity index (χ1) is 18.4. The van der Waals surface area contributed by atoms with Crippen molar-refractivity contribution in [2.45, 2.75) is 46.1 Å². The molecule has 2 aromatic heterocycles. The molecular formula is C28H37N7O3. The van der Waals surface area contributed by atoms with Crippen LogP contribution in [0, 0.1) is 5.92 Å². The number of nitrogens with one attached hydrogen (secondary N) is 2. The molecule has 0 atom stereocenters. The topological polar surface area (TPSA) is 114 Å². The zero-order valence-electron chi connectivity index (χ0n) is 22.4. The Morgan fingerprint density at radius 2 is 2.00 bits per heavy atom. The summed E-state index contributed by atoms with van der Waals surface area (Å²) in [7, 11) is 0. The van der Waals surface area contributed by atoms with Gasteiger partial charge >= 0.3 is 0 Å². The second-order valence-corrected chi connectivity index (χ2v) is 9.80. The fourth-order valence-corrected chi connectivity index (χ4v) is 4.38. The van der Waals surface area contributed by atoms with Gasteiger partial charge in [0.15, 0.2) is 5.65 Å². The van der Waals surface area contributed by atoms with E-state index in [2.05, 4.69) is 41.1 Å². The van der Waals surface area contributed by atoms with Crippen LogP contribution in [0.3, 0.4) is 0 Å². The van der Waals surface area contributed by atoms with E-state index in [-0.39, 0.29) is 23.5 Å². The van der Waals surface area contributed by atoms with Crippen molar-refractivity contribution in [3.8, 4) is 0 Å². The molecule has 1 saturated heterocycles. The number of nitrogens with zero attached hydrogens (tertiary/aromatic N) is 5. The molecule has 3 heterocycles. The van der Waals surface area contributed by atoms with Crippen LogP contribution in [0.5, 0.6) is 0 Å². The number of rotatable bonds is 14. The molecule has 10 nitrogen and oxygen atoms in total. The molecule has 0 saturated carbocycles. The molecule has 2 N–H and O–H groups in total. The Labute approximate surface area is 223 Å². The van der Waals surface area contributed by atoms with Gasteiger partial charge in [-0.1, -0.05) is 44.7 Å². The van der Waals surface area contributed by atoms with Crippen molar-refractivity contribution in [1.29, 1.82) is 0 Å². The first kappa shape index (κ1) is 27.3. The lowest BCUT2D eigenvalue weighted by Gasteiger charge is -2.37. The largest absolute Gasteiger partial charge is 0.382 e. The van der Waals surface area contributed by atoms with Crippen molar-refractivity contribution in [3.05, 3.63) is 59.8 Å². The van der Waals surface area contributed by atoms with Gasteiger partial charge in [0.2, 0.25) is 17.8 Å². The van der Waals surface area contributed by atoms with E-state index in [0.717, 1.165) is 28.8 Å². The Morgan fingerprint density at radius 3 is 2.74 bits per heavy atom. The number of carbonyl (C=O) groups excluding carboxylic acids is 2. The van der Waals surface area contributed by atoms with Gasteiger partial charge in [-0.2, -0.15) is 19.6 Å². The summed E-state index contributed by atoms with van der Waals surface area (Å²) in [6.07, 6.45) is 4.34. The molecule has 1 amide bonds. The van der Waals surface area contributed by atoms with E-state index in [1.165, 1.54) is 6.08 Å². The molecule has 0 radical (unpaired) electrons. The average Bonchev–Trinajstić information content (AvgIpc) is 3.31. The summed E-state index contributed by atoms with van der Waals surface area (Å²) in [6, 6.07) is 7.97. The number of likely N-dealkylation sites (tertiary alicyclic amines) is 1. The number of aromatic nitrogens is 4. The molecule has 38 heavy (non-hydrogen) atoms. The van der Waals surface area contributed by atoms with E-state index in [1.807, 2.05) is 37.4 Å². The molecule has 4 rings (SSSR count). The Bertz CT molecular complexity index is 1280. The maximum absolute atomic E-state index is 12.7. The standard InChI is InChI=1S/C28H37N7O3/c1-5-25(37)34-17-22(18-34)24(36)14-20-9-7-10-21(13-20)15-30-28-33-27(29-11-8-12-38-6-2)32-26-23(19(3)4)16-31-35(26)28/h5,7,9-10,13,16,19,22H,1,6,8,11-12,14-15,17-18H2,2-4H3,(H2,29,30,32,33). The summed E-state index contributed by atoms with van der Waals surface area (Å²) in [6.45, 7) is 13.3.